The lowest BCUT2D eigenvalue weighted by Gasteiger charge is -2.09. The first-order chi connectivity index (χ1) is 8.59. The van der Waals surface area contributed by atoms with E-state index >= 15 is 0 Å². The first-order valence-electron chi connectivity index (χ1n) is 6.69. The van der Waals surface area contributed by atoms with Crippen LogP contribution in [0.4, 0.5) is 0 Å². The number of rotatable bonds is 8. The highest BCUT2D eigenvalue weighted by atomic mass is 35.5. The summed E-state index contributed by atoms with van der Waals surface area (Å²) in [6.07, 6.45) is 2.19. The van der Waals surface area contributed by atoms with Crippen LogP contribution in [-0.2, 0) is 0 Å². The van der Waals surface area contributed by atoms with Crippen molar-refractivity contribution in [2.45, 2.75) is 33.6 Å². The number of hydrogen-bond acceptors (Lipinski definition) is 2. The van der Waals surface area contributed by atoms with Crippen molar-refractivity contribution in [3.8, 4) is 5.75 Å². The molecule has 0 heterocycles. The predicted molar refractivity (Wildman–Crippen MR) is 78.6 cm³/mol. The van der Waals surface area contributed by atoms with Crippen LogP contribution in [0.5, 0.6) is 5.75 Å². The predicted octanol–water partition coefficient (Wildman–Crippen LogP) is 4.05. The SMILES string of the molecule is Cc1ccc(OCCCCNCC(C)C)c(Cl)c1. The highest BCUT2D eigenvalue weighted by Gasteiger charge is 2.01. The Labute approximate surface area is 116 Å². The summed E-state index contributed by atoms with van der Waals surface area (Å²) >= 11 is 6.09. The fraction of sp³-hybridized carbons (Fsp3) is 0.600. The van der Waals surface area contributed by atoms with Crippen LogP contribution in [0.2, 0.25) is 5.02 Å². The number of aryl methyl sites for hydroxylation is 1. The Kier molecular flexibility index (Phi) is 7.14. The van der Waals surface area contributed by atoms with Gasteiger partial charge in [-0.15, -0.1) is 0 Å². The summed E-state index contributed by atoms with van der Waals surface area (Å²) in [5.41, 5.74) is 1.16. The van der Waals surface area contributed by atoms with E-state index in [-0.39, 0.29) is 0 Å². The smallest absolute Gasteiger partial charge is 0.137 e. The maximum Gasteiger partial charge on any atom is 0.137 e. The van der Waals surface area contributed by atoms with E-state index in [0.717, 1.165) is 43.9 Å². The number of hydrogen-bond donors (Lipinski definition) is 1. The molecule has 1 rings (SSSR count). The lowest BCUT2D eigenvalue weighted by molar-refractivity contribution is 0.305. The highest BCUT2D eigenvalue weighted by molar-refractivity contribution is 6.32. The Morgan fingerprint density at radius 3 is 2.72 bits per heavy atom. The molecule has 0 amide bonds. The molecule has 0 unspecified atom stereocenters. The molecular formula is C15H24ClNO. The molecule has 0 aliphatic carbocycles. The van der Waals surface area contributed by atoms with Gasteiger partial charge in [-0.2, -0.15) is 0 Å². The van der Waals surface area contributed by atoms with E-state index in [1.165, 1.54) is 0 Å². The molecule has 0 fully saturated rings. The van der Waals surface area contributed by atoms with Crippen molar-refractivity contribution >= 4 is 11.6 Å². The maximum atomic E-state index is 6.09. The molecule has 0 radical (unpaired) electrons. The van der Waals surface area contributed by atoms with Crippen molar-refractivity contribution in [3.05, 3.63) is 28.8 Å². The molecular weight excluding hydrogens is 246 g/mol. The van der Waals surface area contributed by atoms with Crippen LogP contribution in [0.3, 0.4) is 0 Å². The lowest BCUT2D eigenvalue weighted by Crippen LogP contribution is -2.21. The van der Waals surface area contributed by atoms with Gasteiger partial charge >= 0.3 is 0 Å². The van der Waals surface area contributed by atoms with E-state index in [9.17, 15) is 0 Å². The summed E-state index contributed by atoms with van der Waals surface area (Å²) in [5.74, 6) is 1.50. The second kappa shape index (κ2) is 8.39. The zero-order valence-electron chi connectivity index (χ0n) is 11.6. The van der Waals surface area contributed by atoms with Crippen molar-refractivity contribution in [1.82, 2.24) is 5.32 Å². The van der Waals surface area contributed by atoms with E-state index in [4.69, 9.17) is 16.3 Å². The first kappa shape index (κ1) is 15.3. The standard InChI is InChI=1S/C15H24ClNO/c1-12(2)11-17-8-4-5-9-18-15-7-6-13(3)10-14(15)16/h6-7,10,12,17H,4-5,8-9,11H2,1-3H3. The van der Waals surface area contributed by atoms with E-state index in [1.807, 2.05) is 25.1 Å². The summed E-state index contributed by atoms with van der Waals surface area (Å²) in [4.78, 5) is 0. The molecule has 1 N–H and O–H groups in total. The topological polar surface area (TPSA) is 21.3 Å². The third kappa shape index (κ3) is 6.27. The number of halogens is 1. The number of nitrogens with one attached hydrogen (secondary N) is 1. The Balaban J connectivity index is 2.11. The van der Waals surface area contributed by atoms with Crippen LogP contribution in [0.25, 0.3) is 0 Å². The molecule has 102 valence electrons. The van der Waals surface area contributed by atoms with E-state index in [1.54, 1.807) is 0 Å². The van der Waals surface area contributed by atoms with Crippen molar-refractivity contribution in [2.75, 3.05) is 19.7 Å². The van der Waals surface area contributed by atoms with Gasteiger partial charge in [-0.1, -0.05) is 31.5 Å². The van der Waals surface area contributed by atoms with Crippen molar-refractivity contribution in [2.24, 2.45) is 5.92 Å². The van der Waals surface area contributed by atoms with Crippen LogP contribution >= 0.6 is 11.6 Å². The molecule has 0 saturated heterocycles. The molecule has 2 nitrogen and oxygen atoms in total. The summed E-state index contributed by atoms with van der Waals surface area (Å²) < 4.78 is 5.66. The average Bonchev–Trinajstić information content (AvgIpc) is 2.30. The van der Waals surface area contributed by atoms with Crippen LogP contribution in [-0.4, -0.2) is 19.7 Å². The summed E-state index contributed by atoms with van der Waals surface area (Å²) in [5, 5.41) is 4.12. The number of unbranched alkanes of at least 4 members (excludes halogenated alkanes) is 1. The minimum atomic E-state index is 0.702. The molecule has 0 aliphatic heterocycles. The van der Waals surface area contributed by atoms with E-state index in [2.05, 4.69) is 19.2 Å². The molecule has 0 bridgehead atoms. The Morgan fingerprint density at radius 1 is 1.28 bits per heavy atom. The molecule has 0 spiro atoms. The van der Waals surface area contributed by atoms with Gasteiger partial charge in [0.05, 0.1) is 11.6 Å². The Bertz CT molecular complexity index is 352. The minimum absolute atomic E-state index is 0.702. The molecule has 0 aromatic heterocycles. The van der Waals surface area contributed by atoms with Gasteiger partial charge in [0.25, 0.3) is 0 Å². The van der Waals surface area contributed by atoms with Crippen molar-refractivity contribution < 1.29 is 4.74 Å². The summed E-state index contributed by atoms with van der Waals surface area (Å²) in [6, 6.07) is 5.89. The normalized spacial score (nSPS) is 10.9. The van der Waals surface area contributed by atoms with Crippen LogP contribution in [0, 0.1) is 12.8 Å². The first-order valence-corrected chi connectivity index (χ1v) is 7.07. The fourth-order valence-corrected chi connectivity index (χ4v) is 1.94. The molecule has 3 heteroatoms. The quantitative estimate of drug-likeness (QED) is 0.719. The van der Waals surface area contributed by atoms with Gasteiger partial charge in [-0.25, -0.2) is 0 Å². The van der Waals surface area contributed by atoms with Gasteiger partial charge in [-0.3, -0.25) is 0 Å². The van der Waals surface area contributed by atoms with Crippen LogP contribution in [0.1, 0.15) is 32.3 Å². The largest absolute Gasteiger partial charge is 0.492 e. The van der Waals surface area contributed by atoms with Crippen LogP contribution < -0.4 is 10.1 Å². The van der Waals surface area contributed by atoms with E-state index < -0.39 is 0 Å². The molecule has 0 atom stereocenters. The average molecular weight is 270 g/mol. The second-order valence-electron chi connectivity index (χ2n) is 5.09. The highest BCUT2D eigenvalue weighted by Crippen LogP contribution is 2.25. The van der Waals surface area contributed by atoms with Crippen molar-refractivity contribution in [3.63, 3.8) is 0 Å². The Morgan fingerprint density at radius 2 is 2.06 bits per heavy atom. The third-order valence-corrected chi connectivity index (χ3v) is 2.94. The van der Waals surface area contributed by atoms with E-state index in [0.29, 0.717) is 10.9 Å². The molecule has 0 aliphatic rings. The fourth-order valence-electron chi connectivity index (χ4n) is 1.65. The maximum absolute atomic E-state index is 6.09. The van der Waals surface area contributed by atoms with Gasteiger partial charge in [0.2, 0.25) is 0 Å². The minimum Gasteiger partial charge on any atom is -0.492 e. The summed E-state index contributed by atoms with van der Waals surface area (Å²) in [7, 11) is 0. The zero-order chi connectivity index (χ0) is 13.4. The van der Waals surface area contributed by atoms with Gasteiger partial charge in [0.15, 0.2) is 0 Å². The number of ether oxygens (including phenoxy) is 1. The van der Waals surface area contributed by atoms with Crippen molar-refractivity contribution in [1.29, 1.82) is 0 Å². The lowest BCUT2D eigenvalue weighted by atomic mass is 10.2. The van der Waals surface area contributed by atoms with Gasteiger partial charge in [0, 0.05) is 0 Å². The van der Waals surface area contributed by atoms with Gasteiger partial charge < -0.3 is 10.1 Å². The summed E-state index contributed by atoms with van der Waals surface area (Å²) in [6.45, 7) is 9.33. The molecule has 1 aromatic carbocycles. The van der Waals surface area contributed by atoms with Gasteiger partial charge in [-0.05, 0) is 56.5 Å². The molecule has 18 heavy (non-hydrogen) atoms. The number of benzene rings is 1. The molecule has 1 aromatic rings. The van der Waals surface area contributed by atoms with Crippen LogP contribution in [0.15, 0.2) is 18.2 Å². The monoisotopic (exact) mass is 269 g/mol. The van der Waals surface area contributed by atoms with Gasteiger partial charge in [0.1, 0.15) is 5.75 Å². The second-order valence-corrected chi connectivity index (χ2v) is 5.49. The Hall–Kier alpha value is -0.730. The molecule has 0 saturated carbocycles. The third-order valence-electron chi connectivity index (χ3n) is 2.65. The zero-order valence-corrected chi connectivity index (χ0v) is 12.4.